The predicted molar refractivity (Wildman–Crippen MR) is 217 cm³/mol. The minimum Gasteiger partial charge on any atom is -0.488 e. The molecule has 59 heavy (non-hydrogen) atoms. The van der Waals surface area contributed by atoms with E-state index in [0.717, 1.165) is 12.1 Å². The van der Waals surface area contributed by atoms with Crippen molar-refractivity contribution in [3.05, 3.63) is 96.1 Å². The molecule has 16 heteroatoms. The number of hydrogen-bond acceptors (Lipinski definition) is 9. The summed E-state index contributed by atoms with van der Waals surface area (Å²) in [7, 11) is -3.97. The highest BCUT2D eigenvalue weighted by Crippen LogP contribution is 2.37. The number of halogens is 2. The van der Waals surface area contributed by atoms with Crippen LogP contribution >= 0.6 is 0 Å². The van der Waals surface area contributed by atoms with Crippen LogP contribution in [0, 0.1) is 11.6 Å². The molecule has 314 valence electrons. The minimum atomic E-state index is -3.97. The maximum atomic E-state index is 14.5. The van der Waals surface area contributed by atoms with Gasteiger partial charge in [-0.15, -0.1) is 0 Å². The van der Waals surface area contributed by atoms with Crippen LogP contribution in [-0.2, 0) is 19.5 Å². The van der Waals surface area contributed by atoms with Gasteiger partial charge in [0.2, 0.25) is 10.0 Å². The second-order valence-corrected chi connectivity index (χ2v) is 18.0. The van der Waals surface area contributed by atoms with Gasteiger partial charge in [-0.2, -0.15) is 0 Å². The average molecular weight is 835 g/mol. The van der Waals surface area contributed by atoms with Crippen molar-refractivity contribution in [3.63, 3.8) is 0 Å². The van der Waals surface area contributed by atoms with E-state index < -0.39 is 57.1 Å². The van der Waals surface area contributed by atoms with E-state index in [1.54, 1.807) is 87.7 Å². The summed E-state index contributed by atoms with van der Waals surface area (Å²) in [5, 5.41) is 8.22. The number of primary sulfonamides is 1. The first-order valence-electron chi connectivity index (χ1n) is 19.1. The number of rotatable bonds is 9. The monoisotopic (exact) mass is 834 g/mol. The van der Waals surface area contributed by atoms with E-state index >= 15 is 0 Å². The first-order valence-corrected chi connectivity index (χ1v) is 20.6. The Labute approximate surface area is 342 Å². The second-order valence-electron chi connectivity index (χ2n) is 16.5. The zero-order valence-corrected chi connectivity index (χ0v) is 34.5. The molecule has 2 heterocycles. The number of nitrogens with one attached hydrogen (secondary N) is 1. The molecule has 0 aromatic heterocycles. The lowest BCUT2D eigenvalue weighted by atomic mass is 10.0. The summed E-state index contributed by atoms with van der Waals surface area (Å²) in [4.78, 5) is 42.3. The number of ether oxygens (including phenoxy) is 4. The number of benzene rings is 4. The molecule has 0 unspecified atom stereocenters. The van der Waals surface area contributed by atoms with Crippen molar-refractivity contribution in [3.8, 4) is 33.8 Å². The van der Waals surface area contributed by atoms with Crippen molar-refractivity contribution in [1.82, 2.24) is 9.80 Å². The summed E-state index contributed by atoms with van der Waals surface area (Å²) in [6.45, 7) is 12.0. The van der Waals surface area contributed by atoms with Crippen molar-refractivity contribution in [2.45, 2.75) is 82.7 Å². The molecule has 2 atom stereocenters. The molecule has 0 spiro atoms. The van der Waals surface area contributed by atoms with E-state index in [1.165, 1.54) is 30.3 Å². The normalized spacial score (nSPS) is 17.1. The highest BCUT2D eigenvalue weighted by Gasteiger charge is 2.33. The molecule has 0 radical (unpaired) electrons. The highest BCUT2D eigenvalue weighted by molar-refractivity contribution is 7.89. The molecule has 2 saturated heterocycles. The number of nitrogens with zero attached hydrogens (tertiary/aromatic N) is 2. The molecule has 3 amide bonds. The zero-order chi connectivity index (χ0) is 42.9. The van der Waals surface area contributed by atoms with Crippen LogP contribution in [0.3, 0.4) is 0 Å². The predicted octanol–water partition coefficient (Wildman–Crippen LogP) is 7.97. The third-order valence-electron chi connectivity index (χ3n) is 9.38. The Morgan fingerprint density at radius 1 is 0.678 bits per heavy atom. The van der Waals surface area contributed by atoms with Crippen LogP contribution in [-0.4, -0.2) is 85.9 Å². The SMILES string of the molecule is CC(C)(C)OC(=O)N1CC[C@H](Oc2ccc(NC(=O)c3ccc(O[C@H]4CCN(C(=O)OC(C)(C)C)C4)c(-c4ccc(F)c(F)c4)c3)cc2-c2ccc(S(N)(=O)=O)cc2)C1. The van der Waals surface area contributed by atoms with Gasteiger partial charge in [-0.3, -0.25) is 4.79 Å². The van der Waals surface area contributed by atoms with Crippen LogP contribution in [0.4, 0.5) is 24.1 Å². The van der Waals surface area contributed by atoms with Crippen LogP contribution in [0.2, 0.25) is 0 Å². The van der Waals surface area contributed by atoms with Gasteiger partial charge in [-0.25, -0.2) is 31.9 Å². The fourth-order valence-corrected chi connectivity index (χ4v) is 7.13. The standard InChI is InChI=1S/C43H48F2N4O9S/c1-42(2,3)57-40(51)48-19-17-30(24-48)55-37-15-10-28(21-33(37)27-9-14-35(44)36(45)22-27)39(50)47-29-11-16-38(34(23-29)26-7-12-32(13-8-26)59(46,53)54)56-31-18-20-49(25-31)41(52)58-43(4,5)6/h7-16,21-23,30-31H,17-20,24-25H2,1-6H3,(H,47,50)(H2,46,53,54)/t30-,31-/m0/s1. The van der Waals surface area contributed by atoms with Gasteiger partial charge in [0.25, 0.3) is 5.91 Å². The number of likely N-dealkylation sites (tertiary alicyclic amines) is 2. The maximum absolute atomic E-state index is 14.5. The van der Waals surface area contributed by atoms with Crippen LogP contribution in [0.15, 0.2) is 83.8 Å². The number of sulfonamides is 1. The second kappa shape index (κ2) is 16.9. The van der Waals surface area contributed by atoms with Gasteiger partial charge in [0.1, 0.15) is 34.9 Å². The number of hydrogen-bond donors (Lipinski definition) is 2. The number of anilines is 1. The average Bonchev–Trinajstić information content (AvgIpc) is 3.82. The molecular weight excluding hydrogens is 787 g/mol. The molecule has 13 nitrogen and oxygen atoms in total. The van der Waals surface area contributed by atoms with E-state index in [2.05, 4.69) is 5.32 Å². The Bertz CT molecular complexity index is 2340. The van der Waals surface area contributed by atoms with Gasteiger partial charge >= 0.3 is 12.2 Å². The number of amides is 3. The molecule has 2 aliphatic rings. The third-order valence-corrected chi connectivity index (χ3v) is 10.3. The first kappa shape index (κ1) is 42.9. The van der Waals surface area contributed by atoms with E-state index in [0.29, 0.717) is 59.8 Å². The van der Waals surface area contributed by atoms with Crippen molar-refractivity contribution in [2.75, 3.05) is 31.5 Å². The van der Waals surface area contributed by atoms with E-state index in [1.807, 2.05) is 0 Å². The molecule has 0 aliphatic carbocycles. The lowest BCUT2D eigenvalue weighted by Crippen LogP contribution is -2.36. The molecular formula is C43H48F2N4O9S. The van der Waals surface area contributed by atoms with Crippen LogP contribution in [0.1, 0.15) is 64.7 Å². The van der Waals surface area contributed by atoms with Crippen LogP contribution in [0.5, 0.6) is 11.5 Å². The van der Waals surface area contributed by atoms with Crippen molar-refractivity contribution in [1.29, 1.82) is 0 Å². The largest absolute Gasteiger partial charge is 0.488 e. The molecule has 3 N–H and O–H groups in total. The Hall–Kier alpha value is -5.74. The lowest BCUT2D eigenvalue weighted by Gasteiger charge is -2.24. The number of carbonyl (C=O) groups is 3. The lowest BCUT2D eigenvalue weighted by molar-refractivity contribution is 0.0266. The third kappa shape index (κ3) is 11.1. The summed E-state index contributed by atoms with van der Waals surface area (Å²) in [6.07, 6.45) is -0.711. The fraction of sp³-hybridized carbons (Fsp3) is 0.372. The summed E-state index contributed by atoms with van der Waals surface area (Å²) in [5.74, 6) is -1.94. The Balaban J connectivity index is 1.26. The molecule has 2 aliphatic heterocycles. The van der Waals surface area contributed by atoms with E-state index in [9.17, 15) is 31.6 Å². The zero-order valence-electron chi connectivity index (χ0n) is 33.7. The summed E-state index contributed by atoms with van der Waals surface area (Å²) < 4.78 is 76.3. The van der Waals surface area contributed by atoms with Crippen LogP contribution < -0.4 is 19.9 Å². The van der Waals surface area contributed by atoms with Gasteiger partial charge in [-0.05, 0) is 113 Å². The van der Waals surface area contributed by atoms with E-state index in [4.69, 9.17) is 24.1 Å². The van der Waals surface area contributed by atoms with Gasteiger partial charge in [0.15, 0.2) is 11.6 Å². The van der Waals surface area contributed by atoms with Crippen molar-refractivity contribution in [2.24, 2.45) is 5.14 Å². The van der Waals surface area contributed by atoms with Crippen LogP contribution in [0.25, 0.3) is 22.3 Å². The Kier molecular flexibility index (Phi) is 12.2. The minimum absolute atomic E-state index is 0.0884. The fourth-order valence-electron chi connectivity index (χ4n) is 6.62. The van der Waals surface area contributed by atoms with Gasteiger partial charge in [0, 0.05) is 48.3 Å². The Morgan fingerprint density at radius 3 is 1.69 bits per heavy atom. The number of carbonyl (C=O) groups excluding carboxylic acids is 3. The molecule has 0 bridgehead atoms. The molecule has 6 rings (SSSR count). The molecule has 4 aromatic carbocycles. The van der Waals surface area contributed by atoms with Crippen molar-refractivity contribution >= 4 is 33.8 Å². The number of nitrogens with two attached hydrogens (primary N) is 1. The van der Waals surface area contributed by atoms with Gasteiger partial charge < -0.3 is 34.1 Å². The first-order chi connectivity index (χ1) is 27.6. The molecule has 0 saturated carbocycles. The molecule has 4 aromatic rings. The topological polar surface area (TPSA) is 167 Å². The molecule has 2 fully saturated rings. The summed E-state index contributed by atoms with van der Waals surface area (Å²) in [6, 6.07) is 18.9. The maximum Gasteiger partial charge on any atom is 0.410 e. The van der Waals surface area contributed by atoms with Crippen molar-refractivity contribution < 1.29 is 50.5 Å². The summed E-state index contributed by atoms with van der Waals surface area (Å²) >= 11 is 0. The van der Waals surface area contributed by atoms with E-state index in [-0.39, 0.29) is 35.2 Å². The van der Waals surface area contributed by atoms with Gasteiger partial charge in [0.05, 0.1) is 18.0 Å². The smallest absolute Gasteiger partial charge is 0.410 e. The quantitative estimate of drug-likeness (QED) is 0.170. The van der Waals surface area contributed by atoms with Gasteiger partial charge in [-0.1, -0.05) is 18.2 Å². The summed E-state index contributed by atoms with van der Waals surface area (Å²) in [5.41, 5.74) is 0.860. The Morgan fingerprint density at radius 2 is 1.19 bits per heavy atom. The highest BCUT2D eigenvalue weighted by atomic mass is 32.2.